The zero-order valence-electron chi connectivity index (χ0n) is 21.6. The summed E-state index contributed by atoms with van der Waals surface area (Å²) in [5, 5.41) is 23.8. The first-order valence-electron chi connectivity index (χ1n) is 12.5. The highest BCUT2D eigenvalue weighted by Crippen LogP contribution is 2.45. The first-order chi connectivity index (χ1) is 19.6. The minimum absolute atomic E-state index is 0.112. The van der Waals surface area contributed by atoms with Gasteiger partial charge in [-0.3, -0.25) is 28.6 Å². The van der Waals surface area contributed by atoms with Crippen LogP contribution in [0.5, 0.6) is 0 Å². The van der Waals surface area contributed by atoms with Crippen molar-refractivity contribution in [3.8, 4) is 11.3 Å². The van der Waals surface area contributed by atoms with Crippen LogP contribution in [0.3, 0.4) is 0 Å². The number of carbonyl (C=O) groups excluding carboxylic acids is 1. The van der Waals surface area contributed by atoms with Crippen molar-refractivity contribution in [1.82, 2.24) is 5.32 Å². The summed E-state index contributed by atoms with van der Waals surface area (Å²) < 4.78 is 43.5. The van der Waals surface area contributed by atoms with Crippen LogP contribution < -0.4 is 9.62 Å². The van der Waals surface area contributed by atoms with E-state index in [-0.39, 0.29) is 35.0 Å². The highest BCUT2D eigenvalue weighted by atomic mass is 32.2. The highest BCUT2D eigenvalue weighted by molar-refractivity contribution is 7.80. The third kappa shape index (κ3) is 5.67. The minimum Gasteiger partial charge on any atom is -0.481 e. The van der Waals surface area contributed by atoms with E-state index in [4.69, 9.17) is 4.42 Å². The van der Waals surface area contributed by atoms with Crippen LogP contribution in [-0.4, -0.2) is 37.7 Å². The number of rotatable bonds is 10. The molecule has 1 heterocycles. The number of hydrogen-bond donors (Lipinski definition) is 3. The molecule has 13 heteroatoms. The number of nitro groups is 1. The zero-order chi connectivity index (χ0) is 29.4. The van der Waals surface area contributed by atoms with Crippen LogP contribution in [0.1, 0.15) is 45.8 Å². The smallest absolute Gasteiger partial charge is 0.308 e. The number of nitrogens with one attached hydrogen (secondary N) is 1. The minimum atomic E-state index is -2.58. The normalized spacial score (nSPS) is 13.6. The summed E-state index contributed by atoms with van der Waals surface area (Å²) in [4.78, 5) is 35.0. The predicted molar refractivity (Wildman–Crippen MR) is 148 cm³/mol. The van der Waals surface area contributed by atoms with E-state index in [0.29, 0.717) is 22.1 Å². The van der Waals surface area contributed by atoms with Crippen LogP contribution in [0, 0.1) is 15.9 Å². The Morgan fingerprint density at radius 1 is 1.15 bits per heavy atom. The number of fused-ring (bicyclic) bond motifs is 1. The molecular formula is C28H24FN3O8S. The first-order valence-corrected chi connectivity index (χ1v) is 13.6. The summed E-state index contributed by atoms with van der Waals surface area (Å²) in [6.07, 6.45) is 1.11. The van der Waals surface area contributed by atoms with Crippen LogP contribution >= 0.6 is 0 Å². The lowest BCUT2D eigenvalue weighted by Gasteiger charge is -2.22. The molecule has 0 saturated heterocycles. The van der Waals surface area contributed by atoms with Crippen LogP contribution in [-0.2, 0) is 29.0 Å². The van der Waals surface area contributed by atoms with Crippen molar-refractivity contribution in [3.63, 3.8) is 0 Å². The molecule has 1 amide bonds. The van der Waals surface area contributed by atoms with Gasteiger partial charge in [-0.05, 0) is 78.4 Å². The Kier molecular flexibility index (Phi) is 7.56. The molecule has 1 saturated carbocycles. The number of aliphatic carboxylic acids is 1. The number of carboxylic acid groups (broad SMARTS) is 1. The van der Waals surface area contributed by atoms with Gasteiger partial charge in [0.05, 0.1) is 29.1 Å². The van der Waals surface area contributed by atoms with Gasteiger partial charge in [-0.2, -0.15) is 0 Å². The Labute approximate surface area is 235 Å². The number of carboxylic acids is 1. The average Bonchev–Trinajstić information content (AvgIpc) is 3.71. The summed E-state index contributed by atoms with van der Waals surface area (Å²) in [6, 6.07) is 12.7. The first kappa shape index (κ1) is 27.9. The molecule has 1 atom stereocenters. The topological polar surface area (TPSA) is 163 Å². The molecule has 1 fully saturated rings. The second-order valence-electron chi connectivity index (χ2n) is 9.62. The van der Waals surface area contributed by atoms with Crippen molar-refractivity contribution in [2.45, 2.75) is 31.7 Å². The Hall–Kier alpha value is -4.62. The average molecular weight is 582 g/mol. The van der Waals surface area contributed by atoms with Gasteiger partial charge >= 0.3 is 5.97 Å². The maximum atomic E-state index is 13.6. The molecule has 11 nitrogen and oxygen atoms in total. The molecule has 1 aromatic heterocycles. The van der Waals surface area contributed by atoms with Gasteiger partial charge < -0.3 is 14.8 Å². The summed E-state index contributed by atoms with van der Waals surface area (Å²) in [6.45, 7) is -0.114. The largest absolute Gasteiger partial charge is 0.481 e. The number of amides is 1. The number of halogens is 1. The van der Waals surface area contributed by atoms with Crippen molar-refractivity contribution in [1.29, 1.82) is 0 Å². The number of anilines is 1. The fourth-order valence-corrected chi connectivity index (χ4v) is 5.41. The molecule has 0 bridgehead atoms. The molecule has 1 unspecified atom stereocenters. The summed E-state index contributed by atoms with van der Waals surface area (Å²) in [5.74, 6) is -1.74. The maximum absolute atomic E-state index is 13.6. The molecule has 0 radical (unpaired) electrons. The van der Waals surface area contributed by atoms with Gasteiger partial charge in [0.15, 0.2) is 0 Å². The third-order valence-corrected chi connectivity index (χ3v) is 7.64. The van der Waals surface area contributed by atoms with E-state index >= 15 is 0 Å². The number of carbonyl (C=O) groups is 2. The van der Waals surface area contributed by atoms with Crippen LogP contribution in [0.25, 0.3) is 22.3 Å². The number of nitro benzene ring substituents is 1. The monoisotopic (exact) mass is 581 g/mol. The number of hydrogen-bond acceptors (Lipinski definition) is 6. The fraction of sp³-hybridized carbons (Fsp3) is 0.214. The molecule has 5 rings (SSSR count). The van der Waals surface area contributed by atoms with Gasteiger partial charge in [0.2, 0.25) is 0 Å². The van der Waals surface area contributed by atoms with Gasteiger partial charge in [0.25, 0.3) is 22.9 Å². The fourth-order valence-electron chi connectivity index (χ4n) is 4.87. The molecule has 3 N–H and O–H groups in total. The van der Waals surface area contributed by atoms with Gasteiger partial charge in [-0.1, -0.05) is 0 Å². The lowest BCUT2D eigenvalue weighted by atomic mass is 9.97. The van der Waals surface area contributed by atoms with Crippen molar-refractivity contribution in [3.05, 3.63) is 92.8 Å². The molecule has 0 aliphatic heterocycles. The van der Waals surface area contributed by atoms with Crippen LogP contribution in [0.4, 0.5) is 15.8 Å². The van der Waals surface area contributed by atoms with Crippen molar-refractivity contribution >= 4 is 45.5 Å². The second-order valence-corrected chi connectivity index (χ2v) is 10.5. The van der Waals surface area contributed by atoms with E-state index in [1.165, 1.54) is 43.4 Å². The van der Waals surface area contributed by atoms with E-state index in [0.717, 1.165) is 28.8 Å². The molecule has 3 aromatic carbocycles. The maximum Gasteiger partial charge on any atom is 0.308 e. The van der Waals surface area contributed by atoms with Gasteiger partial charge in [-0.25, -0.2) is 8.60 Å². The number of furan rings is 1. The van der Waals surface area contributed by atoms with Crippen LogP contribution in [0.15, 0.2) is 59.0 Å². The predicted octanol–water partition coefficient (Wildman–Crippen LogP) is 5.15. The van der Waals surface area contributed by atoms with E-state index in [1.54, 1.807) is 6.07 Å². The summed E-state index contributed by atoms with van der Waals surface area (Å²) in [7, 11) is 1.49. The summed E-state index contributed by atoms with van der Waals surface area (Å²) in [5.41, 5.74) is 2.17. The lowest BCUT2D eigenvalue weighted by Crippen LogP contribution is -2.25. The Bertz CT molecular complexity index is 1720. The Morgan fingerprint density at radius 3 is 2.44 bits per heavy atom. The molecular weight excluding hydrogens is 557 g/mol. The van der Waals surface area contributed by atoms with E-state index in [9.17, 15) is 38.0 Å². The SMILES string of the molecule is CNC(=O)c1c(-c2ccc(F)cc2)oc2cc(CN(c3ccc([N+](=O)[O-])c(CC(=O)O)c3)S(=O)O)c(C3CC3)cc12. The Morgan fingerprint density at radius 2 is 1.85 bits per heavy atom. The van der Waals surface area contributed by atoms with Crippen molar-refractivity contribution < 1.29 is 37.2 Å². The summed E-state index contributed by atoms with van der Waals surface area (Å²) >= 11 is -2.58. The van der Waals surface area contributed by atoms with E-state index in [1.807, 2.05) is 6.07 Å². The van der Waals surface area contributed by atoms with Gasteiger partial charge in [-0.15, -0.1) is 0 Å². The molecule has 1 aliphatic rings. The van der Waals surface area contributed by atoms with E-state index in [2.05, 4.69) is 5.32 Å². The second kappa shape index (κ2) is 11.1. The molecule has 212 valence electrons. The van der Waals surface area contributed by atoms with Gasteiger partial charge in [0, 0.05) is 29.6 Å². The molecule has 1 aliphatic carbocycles. The quantitative estimate of drug-likeness (QED) is 0.131. The standard InChI is InChI=1S/C28H24FN3O8S/c1-30-28(35)26-22-13-21(15-2-3-15)18(11-24(22)40-27(26)16-4-6-19(29)7-5-16)14-31(41(38)39)20-8-9-23(32(36)37)17(10-20)12-25(33)34/h4-11,13,15H,2-3,12,14H2,1H3,(H,30,35)(H,33,34)(H,38,39). The van der Waals surface area contributed by atoms with Crippen molar-refractivity contribution in [2.75, 3.05) is 11.4 Å². The van der Waals surface area contributed by atoms with Crippen LogP contribution in [0.2, 0.25) is 0 Å². The third-order valence-electron chi connectivity index (χ3n) is 6.92. The lowest BCUT2D eigenvalue weighted by molar-refractivity contribution is -0.385. The molecule has 4 aromatic rings. The number of nitrogens with zero attached hydrogens (tertiary/aromatic N) is 2. The Balaban J connectivity index is 1.63. The number of benzene rings is 3. The molecule has 0 spiro atoms. The van der Waals surface area contributed by atoms with E-state index < -0.39 is 46.0 Å². The van der Waals surface area contributed by atoms with Crippen molar-refractivity contribution in [2.24, 2.45) is 0 Å². The van der Waals surface area contributed by atoms with Gasteiger partial charge in [0.1, 0.15) is 17.2 Å². The highest BCUT2D eigenvalue weighted by Gasteiger charge is 2.31. The molecule has 41 heavy (non-hydrogen) atoms. The zero-order valence-corrected chi connectivity index (χ0v) is 22.4.